The van der Waals surface area contributed by atoms with Gasteiger partial charge in [-0.1, -0.05) is 26.0 Å². The lowest BCUT2D eigenvalue weighted by Gasteiger charge is -2.01. The van der Waals surface area contributed by atoms with Crippen LogP contribution in [0.5, 0.6) is 0 Å². The summed E-state index contributed by atoms with van der Waals surface area (Å²) >= 11 is 0. The van der Waals surface area contributed by atoms with Crippen LogP contribution in [-0.2, 0) is 9.84 Å². The van der Waals surface area contributed by atoms with Crippen molar-refractivity contribution in [3.05, 3.63) is 42.2 Å². The minimum atomic E-state index is -3.33. The Labute approximate surface area is 102 Å². The summed E-state index contributed by atoms with van der Waals surface area (Å²) in [5.74, 6) is 0.0461. The van der Waals surface area contributed by atoms with Crippen LogP contribution < -0.4 is 0 Å². The van der Waals surface area contributed by atoms with Gasteiger partial charge in [0.2, 0.25) is 0 Å². The van der Waals surface area contributed by atoms with Crippen molar-refractivity contribution in [1.82, 2.24) is 0 Å². The molecule has 0 aliphatic heterocycles. The molecule has 0 N–H and O–H groups in total. The quantitative estimate of drug-likeness (QED) is 0.599. The van der Waals surface area contributed by atoms with E-state index in [0.717, 1.165) is 18.6 Å². The van der Waals surface area contributed by atoms with Crippen LogP contribution in [0.15, 0.2) is 41.3 Å². The Morgan fingerprint density at radius 2 is 1.76 bits per heavy atom. The van der Waals surface area contributed by atoms with Gasteiger partial charge in [-0.2, -0.15) is 0 Å². The zero-order valence-electron chi connectivity index (χ0n) is 10.1. The number of halogens is 1. The summed E-state index contributed by atoms with van der Waals surface area (Å²) in [7, 11) is -3.33. The first kappa shape index (κ1) is 13.9. The second-order valence-corrected chi connectivity index (χ2v) is 6.37. The summed E-state index contributed by atoms with van der Waals surface area (Å²) in [5.41, 5.74) is 0. The SMILES string of the molecule is CC(C)CC=CCS(=O)(=O)c1ccc(F)cc1. The van der Waals surface area contributed by atoms with Crippen molar-refractivity contribution in [2.75, 3.05) is 5.75 Å². The lowest BCUT2D eigenvalue weighted by Crippen LogP contribution is -2.04. The van der Waals surface area contributed by atoms with E-state index < -0.39 is 15.7 Å². The van der Waals surface area contributed by atoms with E-state index in [-0.39, 0.29) is 10.6 Å². The van der Waals surface area contributed by atoms with E-state index in [1.165, 1.54) is 12.1 Å². The van der Waals surface area contributed by atoms with Crippen LogP contribution in [0.2, 0.25) is 0 Å². The average Bonchev–Trinajstić information content (AvgIpc) is 2.25. The number of benzene rings is 1. The molecule has 0 saturated carbocycles. The Morgan fingerprint density at radius 1 is 1.18 bits per heavy atom. The molecule has 0 bridgehead atoms. The number of sulfone groups is 1. The molecule has 1 aromatic carbocycles. The molecule has 0 amide bonds. The van der Waals surface area contributed by atoms with Crippen molar-refractivity contribution in [2.24, 2.45) is 5.92 Å². The second-order valence-electron chi connectivity index (χ2n) is 4.34. The highest BCUT2D eigenvalue weighted by Gasteiger charge is 2.11. The first-order chi connectivity index (χ1) is 7.92. The third kappa shape index (κ3) is 4.69. The van der Waals surface area contributed by atoms with Gasteiger partial charge in [-0.15, -0.1) is 0 Å². The molecule has 0 unspecified atom stereocenters. The van der Waals surface area contributed by atoms with Gasteiger partial charge in [-0.3, -0.25) is 0 Å². The second kappa shape index (κ2) is 5.96. The number of allylic oxidation sites excluding steroid dienone is 1. The average molecular weight is 256 g/mol. The van der Waals surface area contributed by atoms with Gasteiger partial charge < -0.3 is 0 Å². The number of hydrogen-bond acceptors (Lipinski definition) is 2. The molecule has 17 heavy (non-hydrogen) atoms. The van der Waals surface area contributed by atoms with Gasteiger partial charge in [0.15, 0.2) is 9.84 Å². The molecule has 4 heteroatoms. The van der Waals surface area contributed by atoms with Crippen LogP contribution in [0, 0.1) is 11.7 Å². The molecule has 94 valence electrons. The van der Waals surface area contributed by atoms with Crippen molar-refractivity contribution in [3.63, 3.8) is 0 Å². The lowest BCUT2D eigenvalue weighted by molar-refractivity contribution is 0.597. The van der Waals surface area contributed by atoms with E-state index in [2.05, 4.69) is 13.8 Å². The third-order valence-electron chi connectivity index (χ3n) is 2.26. The molecule has 0 radical (unpaired) electrons. The van der Waals surface area contributed by atoms with Crippen LogP contribution >= 0.6 is 0 Å². The summed E-state index contributed by atoms with van der Waals surface area (Å²) < 4.78 is 36.3. The summed E-state index contributed by atoms with van der Waals surface area (Å²) in [4.78, 5) is 0.160. The van der Waals surface area contributed by atoms with Gasteiger partial charge in [0.25, 0.3) is 0 Å². The van der Waals surface area contributed by atoms with Gasteiger partial charge in [0.05, 0.1) is 10.6 Å². The van der Waals surface area contributed by atoms with Crippen molar-refractivity contribution < 1.29 is 12.8 Å². The Balaban J connectivity index is 2.69. The highest BCUT2D eigenvalue weighted by molar-refractivity contribution is 7.91. The Hall–Kier alpha value is -1.16. The van der Waals surface area contributed by atoms with E-state index in [4.69, 9.17) is 0 Å². The van der Waals surface area contributed by atoms with Crippen molar-refractivity contribution in [2.45, 2.75) is 25.2 Å². The maximum Gasteiger partial charge on any atom is 0.181 e. The molecule has 0 aromatic heterocycles. The fourth-order valence-electron chi connectivity index (χ4n) is 1.30. The minimum Gasteiger partial charge on any atom is -0.223 e. The van der Waals surface area contributed by atoms with Gasteiger partial charge in [-0.25, -0.2) is 12.8 Å². The molecule has 0 heterocycles. The molecule has 0 spiro atoms. The van der Waals surface area contributed by atoms with E-state index in [1.54, 1.807) is 6.08 Å². The van der Waals surface area contributed by atoms with Crippen molar-refractivity contribution in [3.8, 4) is 0 Å². The molecule has 0 fully saturated rings. The van der Waals surface area contributed by atoms with Gasteiger partial charge in [0.1, 0.15) is 5.82 Å². The van der Waals surface area contributed by atoms with E-state index in [0.29, 0.717) is 5.92 Å². The molecule has 0 aliphatic rings. The zero-order valence-corrected chi connectivity index (χ0v) is 10.9. The minimum absolute atomic E-state index is 0.0364. The van der Waals surface area contributed by atoms with Crippen LogP contribution in [-0.4, -0.2) is 14.2 Å². The molecule has 1 aromatic rings. The van der Waals surface area contributed by atoms with Crippen LogP contribution in [0.3, 0.4) is 0 Å². The Kier molecular flexibility index (Phi) is 4.87. The molecule has 0 saturated heterocycles. The van der Waals surface area contributed by atoms with Crippen molar-refractivity contribution in [1.29, 1.82) is 0 Å². The molecular weight excluding hydrogens is 239 g/mol. The van der Waals surface area contributed by atoms with Crippen LogP contribution in [0.1, 0.15) is 20.3 Å². The summed E-state index contributed by atoms with van der Waals surface area (Å²) in [5, 5.41) is 0. The van der Waals surface area contributed by atoms with Gasteiger partial charge in [-0.05, 0) is 36.6 Å². The number of rotatable bonds is 5. The highest BCUT2D eigenvalue weighted by atomic mass is 32.2. The summed E-state index contributed by atoms with van der Waals surface area (Å²) in [6.45, 7) is 4.14. The largest absolute Gasteiger partial charge is 0.223 e. The topological polar surface area (TPSA) is 34.1 Å². The smallest absolute Gasteiger partial charge is 0.181 e. The zero-order chi connectivity index (χ0) is 12.9. The standard InChI is InChI=1S/C13H17FO2S/c1-11(2)5-3-4-10-17(15,16)13-8-6-12(14)7-9-13/h3-4,6-9,11H,5,10H2,1-2H3. The summed E-state index contributed by atoms with van der Waals surface area (Å²) in [6.07, 6.45) is 4.38. The maximum atomic E-state index is 12.7. The van der Waals surface area contributed by atoms with E-state index in [9.17, 15) is 12.8 Å². The van der Waals surface area contributed by atoms with Crippen molar-refractivity contribution >= 4 is 9.84 Å². The summed E-state index contributed by atoms with van der Waals surface area (Å²) in [6, 6.07) is 4.90. The first-order valence-electron chi connectivity index (χ1n) is 5.55. The predicted molar refractivity (Wildman–Crippen MR) is 67.0 cm³/mol. The highest BCUT2D eigenvalue weighted by Crippen LogP contribution is 2.12. The fourth-order valence-corrected chi connectivity index (χ4v) is 2.43. The molecular formula is C13H17FO2S. The first-order valence-corrected chi connectivity index (χ1v) is 7.20. The van der Waals surface area contributed by atoms with Crippen LogP contribution in [0.4, 0.5) is 4.39 Å². The predicted octanol–water partition coefficient (Wildman–Crippen LogP) is 3.20. The monoisotopic (exact) mass is 256 g/mol. The molecule has 0 aliphatic carbocycles. The number of hydrogen-bond donors (Lipinski definition) is 0. The normalized spacial score (nSPS) is 12.5. The molecule has 0 atom stereocenters. The molecule has 2 nitrogen and oxygen atoms in total. The van der Waals surface area contributed by atoms with Gasteiger partial charge in [0, 0.05) is 0 Å². The fraction of sp³-hybridized carbons (Fsp3) is 0.385. The van der Waals surface area contributed by atoms with Gasteiger partial charge >= 0.3 is 0 Å². The Bertz CT molecular complexity index is 473. The maximum absolute atomic E-state index is 12.7. The van der Waals surface area contributed by atoms with E-state index >= 15 is 0 Å². The third-order valence-corrected chi connectivity index (χ3v) is 3.88. The van der Waals surface area contributed by atoms with Crippen LogP contribution in [0.25, 0.3) is 0 Å². The molecule has 1 rings (SSSR count). The van der Waals surface area contributed by atoms with E-state index in [1.807, 2.05) is 6.08 Å². The lowest BCUT2D eigenvalue weighted by atomic mass is 10.1. The Morgan fingerprint density at radius 3 is 2.29 bits per heavy atom.